The maximum Gasteiger partial charge on any atom is 0.0734 e. The molecule has 66 heavy (non-hydrogen) atoms. The van der Waals surface area contributed by atoms with E-state index in [-0.39, 0.29) is 0 Å². The Labute approximate surface area is 390 Å². The van der Waals surface area contributed by atoms with Crippen molar-refractivity contribution >= 4 is 38.5 Å². The molecule has 0 bridgehead atoms. The van der Waals surface area contributed by atoms with Gasteiger partial charge in [0, 0.05) is 21.5 Å². The second-order valence-electron chi connectivity index (χ2n) is 17.5. The van der Waals surface area contributed by atoms with E-state index in [0.717, 1.165) is 17.1 Å². The van der Waals surface area contributed by atoms with Crippen LogP contribution in [0.1, 0.15) is 44.5 Å². The summed E-state index contributed by atoms with van der Waals surface area (Å²) in [6, 6.07) is 95.1. The Morgan fingerprint density at radius 1 is 0.333 bits per heavy atom. The first kappa shape index (κ1) is 38.4. The molecular formula is C64H43NS. The molecule has 0 fully saturated rings. The fraction of sp³-hybridized carbons (Fsp3) is 0.0312. The third kappa shape index (κ3) is 5.52. The molecule has 2 heteroatoms. The molecule has 310 valence electrons. The Morgan fingerprint density at radius 2 is 0.818 bits per heavy atom. The van der Waals surface area contributed by atoms with Crippen molar-refractivity contribution < 1.29 is 0 Å². The standard InChI is InChI=1S/C64H43NS/c1-5-19-47(20-6-1)63(48-21-7-2-8-22-48)56-31-16-14-28-54(56)61-57(63)32-18-33-58(61)65(51-38-35-44(36-39-51)45-37-40-60-46(43-45)41-42-66-60)59-34-17-29-53-52-27-13-15-30-55(52)64(62(53)59,49-23-9-3-10-24-49)50-25-11-4-12-26-50/h1-43H. The first-order valence-corrected chi connectivity index (χ1v) is 23.7. The molecule has 0 atom stereocenters. The average molecular weight is 858 g/mol. The van der Waals surface area contributed by atoms with Gasteiger partial charge >= 0.3 is 0 Å². The number of benzene rings is 10. The molecule has 10 aromatic carbocycles. The van der Waals surface area contributed by atoms with Crippen molar-refractivity contribution in [2.24, 2.45) is 0 Å². The minimum absolute atomic E-state index is 0.549. The van der Waals surface area contributed by atoms with Gasteiger partial charge in [0.05, 0.1) is 22.2 Å². The van der Waals surface area contributed by atoms with Gasteiger partial charge in [-0.15, -0.1) is 11.3 Å². The largest absolute Gasteiger partial charge is 0.310 e. The number of fused-ring (bicyclic) bond motifs is 7. The summed E-state index contributed by atoms with van der Waals surface area (Å²) in [7, 11) is 0. The summed E-state index contributed by atoms with van der Waals surface area (Å²) in [5.41, 5.74) is 19.7. The molecule has 2 aliphatic rings. The SMILES string of the molecule is c1ccc(C2(c3ccccc3)c3ccccc3-c3c(N(c4ccc(-c5ccc6sccc6c5)cc4)c4cccc5c4C(c4ccccc4)(c4ccccc4)c4ccccc4-5)cccc32)cc1. The summed E-state index contributed by atoms with van der Waals surface area (Å²) in [4.78, 5) is 2.58. The molecule has 2 aliphatic carbocycles. The molecule has 0 N–H and O–H groups in total. The third-order valence-corrected chi connectivity index (χ3v) is 15.2. The maximum absolute atomic E-state index is 2.58. The van der Waals surface area contributed by atoms with E-state index in [1.54, 1.807) is 11.3 Å². The van der Waals surface area contributed by atoms with Gasteiger partial charge in [0.15, 0.2) is 0 Å². The van der Waals surface area contributed by atoms with Crippen LogP contribution < -0.4 is 4.90 Å². The van der Waals surface area contributed by atoms with E-state index >= 15 is 0 Å². The summed E-state index contributed by atoms with van der Waals surface area (Å²) in [5.74, 6) is 0. The Balaban J connectivity index is 1.14. The number of anilines is 3. The number of thiophene rings is 1. The van der Waals surface area contributed by atoms with Crippen molar-refractivity contribution in [1.29, 1.82) is 0 Å². The van der Waals surface area contributed by atoms with E-state index in [9.17, 15) is 0 Å². The predicted molar refractivity (Wildman–Crippen MR) is 277 cm³/mol. The number of nitrogens with zero attached hydrogens (tertiary/aromatic N) is 1. The van der Waals surface area contributed by atoms with Gasteiger partial charge in [-0.25, -0.2) is 0 Å². The van der Waals surface area contributed by atoms with Crippen molar-refractivity contribution in [3.8, 4) is 33.4 Å². The maximum atomic E-state index is 2.58. The van der Waals surface area contributed by atoms with Crippen molar-refractivity contribution in [2.45, 2.75) is 10.8 Å². The van der Waals surface area contributed by atoms with Crippen molar-refractivity contribution in [3.63, 3.8) is 0 Å². The second-order valence-corrected chi connectivity index (χ2v) is 18.5. The highest BCUT2D eigenvalue weighted by Gasteiger charge is 2.50. The normalized spacial score (nSPS) is 13.7. The Bertz CT molecular complexity index is 3490. The van der Waals surface area contributed by atoms with Gasteiger partial charge in [-0.2, -0.15) is 0 Å². The van der Waals surface area contributed by atoms with Crippen LogP contribution >= 0.6 is 11.3 Å². The van der Waals surface area contributed by atoms with Gasteiger partial charge in [-0.3, -0.25) is 0 Å². The molecule has 13 rings (SSSR count). The summed E-state index contributed by atoms with van der Waals surface area (Å²) >= 11 is 1.79. The first-order chi connectivity index (χ1) is 32.8. The van der Waals surface area contributed by atoms with Gasteiger partial charge in [0.2, 0.25) is 0 Å². The van der Waals surface area contributed by atoms with Gasteiger partial charge in [0.1, 0.15) is 0 Å². The molecule has 0 radical (unpaired) electrons. The number of rotatable bonds is 8. The molecule has 0 saturated heterocycles. The zero-order valence-corrected chi connectivity index (χ0v) is 37.0. The summed E-state index contributed by atoms with van der Waals surface area (Å²) in [6.45, 7) is 0. The van der Waals surface area contributed by atoms with Crippen LogP contribution in [0.5, 0.6) is 0 Å². The Morgan fingerprint density at radius 3 is 1.45 bits per heavy atom. The van der Waals surface area contributed by atoms with Gasteiger partial charge in [-0.1, -0.05) is 212 Å². The smallest absolute Gasteiger partial charge is 0.0734 e. The average Bonchev–Trinajstić information content (AvgIpc) is 4.09. The van der Waals surface area contributed by atoms with Crippen LogP contribution in [-0.4, -0.2) is 0 Å². The monoisotopic (exact) mass is 857 g/mol. The molecule has 0 saturated carbocycles. The Hall–Kier alpha value is -8.04. The van der Waals surface area contributed by atoms with E-state index in [1.807, 2.05) is 0 Å². The molecule has 0 unspecified atom stereocenters. The highest BCUT2D eigenvalue weighted by molar-refractivity contribution is 7.17. The van der Waals surface area contributed by atoms with E-state index in [4.69, 9.17) is 0 Å². The third-order valence-electron chi connectivity index (χ3n) is 14.3. The predicted octanol–water partition coefficient (Wildman–Crippen LogP) is 16.8. The van der Waals surface area contributed by atoms with Crippen LogP contribution in [0.25, 0.3) is 43.5 Å². The Kier molecular flexibility index (Phi) is 8.91. The fourth-order valence-electron chi connectivity index (χ4n) is 11.7. The van der Waals surface area contributed by atoms with Crippen LogP contribution in [-0.2, 0) is 10.8 Å². The van der Waals surface area contributed by atoms with Crippen LogP contribution in [0.4, 0.5) is 17.1 Å². The zero-order chi connectivity index (χ0) is 43.7. The topological polar surface area (TPSA) is 3.24 Å². The molecule has 1 nitrogen and oxygen atoms in total. The number of hydrogen-bond acceptors (Lipinski definition) is 2. The van der Waals surface area contributed by atoms with Crippen LogP contribution in [0, 0.1) is 0 Å². The van der Waals surface area contributed by atoms with Gasteiger partial charge in [0.25, 0.3) is 0 Å². The lowest BCUT2D eigenvalue weighted by molar-refractivity contribution is 0.766. The zero-order valence-electron chi connectivity index (χ0n) is 36.2. The van der Waals surface area contributed by atoms with Crippen molar-refractivity contribution in [2.75, 3.05) is 4.90 Å². The lowest BCUT2D eigenvalue weighted by Crippen LogP contribution is -2.30. The molecule has 11 aromatic rings. The minimum Gasteiger partial charge on any atom is -0.310 e. The quantitative estimate of drug-likeness (QED) is 0.147. The molecular weight excluding hydrogens is 815 g/mol. The molecule has 0 spiro atoms. The van der Waals surface area contributed by atoms with Gasteiger partial charge in [-0.05, 0) is 120 Å². The molecule has 1 aromatic heterocycles. The van der Waals surface area contributed by atoms with E-state index < -0.39 is 10.8 Å². The van der Waals surface area contributed by atoms with E-state index in [1.165, 1.54) is 88.0 Å². The van der Waals surface area contributed by atoms with Crippen molar-refractivity contribution in [1.82, 2.24) is 0 Å². The minimum atomic E-state index is -0.618. The summed E-state index contributed by atoms with van der Waals surface area (Å²) in [5, 5.41) is 3.46. The summed E-state index contributed by atoms with van der Waals surface area (Å²) in [6.07, 6.45) is 0. The lowest BCUT2D eigenvalue weighted by Gasteiger charge is -2.38. The van der Waals surface area contributed by atoms with Gasteiger partial charge < -0.3 is 4.90 Å². The lowest BCUT2D eigenvalue weighted by atomic mass is 9.67. The van der Waals surface area contributed by atoms with Crippen molar-refractivity contribution in [3.05, 3.63) is 305 Å². The highest BCUT2D eigenvalue weighted by Crippen LogP contribution is 2.63. The molecule has 0 aliphatic heterocycles. The van der Waals surface area contributed by atoms with Crippen LogP contribution in [0.3, 0.4) is 0 Å². The summed E-state index contributed by atoms with van der Waals surface area (Å²) < 4.78 is 1.31. The van der Waals surface area contributed by atoms with E-state index in [0.29, 0.717) is 0 Å². The van der Waals surface area contributed by atoms with Crippen LogP contribution in [0.2, 0.25) is 0 Å². The first-order valence-electron chi connectivity index (χ1n) is 22.8. The molecule has 0 amide bonds. The van der Waals surface area contributed by atoms with E-state index in [2.05, 4.69) is 265 Å². The second kappa shape index (κ2) is 15.3. The van der Waals surface area contributed by atoms with Crippen LogP contribution in [0.15, 0.2) is 260 Å². The highest BCUT2D eigenvalue weighted by atomic mass is 32.1. The molecule has 1 heterocycles. The number of hydrogen-bond donors (Lipinski definition) is 0. The fourth-order valence-corrected chi connectivity index (χ4v) is 12.5.